The molecule has 1 aromatic rings. The first-order chi connectivity index (χ1) is 13.1. The SMILES string of the molecule is CCOC(=O)C1=C(COC(=O)c2cccc(NS(C)(=O)=O)c2)NC(=O)N[C@H]1C. The number of carbonyl (C=O) groups excluding carboxylic acids is 3. The highest BCUT2D eigenvalue weighted by Crippen LogP contribution is 2.17. The molecule has 0 radical (unpaired) electrons. The molecule has 0 unspecified atom stereocenters. The highest BCUT2D eigenvalue weighted by molar-refractivity contribution is 7.92. The summed E-state index contributed by atoms with van der Waals surface area (Å²) >= 11 is 0. The van der Waals surface area contributed by atoms with Crippen molar-refractivity contribution in [1.29, 1.82) is 0 Å². The quantitative estimate of drug-likeness (QED) is 0.562. The topological polar surface area (TPSA) is 140 Å². The molecule has 0 saturated heterocycles. The van der Waals surface area contributed by atoms with Crippen molar-refractivity contribution < 1.29 is 32.3 Å². The highest BCUT2D eigenvalue weighted by Gasteiger charge is 2.30. The molecule has 0 spiro atoms. The molecule has 11 heteroatoms. The first-order valence-corrected chi connectivity index (χ1v) is 10.2. The van der Waals surface area contributed by atoms with Crippen molar-refractivity contribution in [2.75, 3.05) is 24.2 Å². The zero-order chi connectivity index (χ0) is 20.9. The van der Waals surface area contributed by atoms with Crippen LogP contribution in [0.3, 0.4) is 0 Å². The minimum absolute atomic E-state index is 0.0974. The number of benzene rings is 1. The van der Waals surface area contributed by atoms with Gasteiger partial charge in [-0.2, -0.15) is 0 Å². The maximum absolute atomic E-state index is 12.3. The molecule has 0 fully saturated rings. The standard InChI is InChI=1S/C17H21N3O7S/c1-4-26-16(22)14-10(2)18-17(23)19-13(14)9-27-15(21)11-6-5-7-12(8-11)20-28(3,24)25/h5-8,10,20H,4,9H2,1-3H3,(H2,18,19,23)/t10-/m0/s1. The first-order valence-electron chi connectivity index (χ1n) is 8.33. The molecule has 0 bridgehead atoms. The molecule has 0 aromatic heterocycles. The van der Waals surface area contributed by atoms with Gasteiger partial charge in [0.25, 0.3) is 0 Å². The van der Waals surface area contributed by atoms with E-state index in [1.165, 1.54) is 24.3 Å². The third-order valence-electron chi connectivity index (χ3n) is 3.61. The van der Waals surface area contributed by atoms with Crippen LogP contribution in [-0.4, -0.2) is 51.9 Å². The molecule has 2 amide bonds. The number of esters is 2. The summed E-state index contributed by atoms with van der Waals surface area (Å²) in [4.78, 5) is 36.1. The number of carbonyl (C=O) groups is 3. The van der Waals surface area contributed by atoms with Crippen LogP contribution in [0.15, 0.2) is 35.5 Å². The molecule has 0 aliphatic carbocycles. The van der Waals surface area contributed by atoms with E-state index in [4.69, 9.17) is 9.47 Å². The number of rotatable bonds is 7. The van der Waals surface area contributed by atoms with Gasteiger partial charge in [-0.25, -0.2) is 22.8 Å². The van der Waals surface area contributed by atoms with Crippen LogP contribution < -0.4 is 15.4 Å². The normalized spacial score (nSPS) is 16.7. The lowest BCUT2D eigenvalue weighted by Crippen LogP contribution is -2.50. The van der Waals surface area contributed by atoms with Gasteiger partial charge in [-0.3, -0.25) is 4.72 Å². The van der Waals surface area contributed by atoms with Gasteiger partial charge in [0.1, 0.15) is 6.61 Å². The summed E-state index contributed by atoms with van der Waals surface area (Å²) in [7, 11) is -3.50. The zero-order valence-corrected chi connectivity index (χ0v) is 16.4. The second-order valence-electron chi connectivity index (χ2n) is 5.96. The van der Waals surface area contributed by atoms with Crippen LogP contribution in [0.5, 0.6) is 0 Å². The number of hydrogen-bond donors (Lipinski definition) is 3. The van der Waals surface area contributed by atoms with Crippen molar-refractivity contribution in [2.24, 2.45) is 0 Å². The van der Waals surface area contributed by atoms with Crippen molar-refractivity contribution in [3.8, 4) is 0 Å². The minimum Gasteiger partial charge on any atom is -0.463 e. The van der Waals surface area contributed by atoms with Gasteiger partial charge in [-0.15, -0.1) is 0 Å². The fourth-order valence-electron chi connectivity index (χ4n) is 2.54. The fourth-order valence-corrected chi connectivity index (χ4v) is 3.09. The van der Waals surface area contributed by atoms with Gasteiger partial charge in [0.05, 0.1) is 35.7 Å². The van der Waals surface area contributed by atoms with E-state index in [1.54, 1.807) is 13.8 Å². The molecule has 1 heterocycles. The Morgan fingerprint density at radius 1 is 1.21 bits per heavy atom. The Balaban J connectivity index is 2.17. The largest absolute Gasteiger partial charge is 0.463 e. The van der Waals surface area contributed by atoms with E-state index >= 15 is 0 Å². The van der Waals surface area contributed by atoms with Gasteiger partial charge in [0.15, 0.2) is 0 Å². The molecule has 152 valence electrons. The zero-order valence-electron chi connectivity index (χ0n) is 15.6. The molecule has 1 aliphatic rings. The van der Waals surface area contributed by atoms with Gasteiger partial charge in [0.2, 0.25) is 10.0 Å². The summed E-state index contributed by atoms with van der Waals surface area (Å²) in [5, 5.41) is 4.98. The van der Waals surface area contributed by atoms with Gasteiger partial charge in [-0.05, 0) is 32.0 Å². The van der Waals surface area contributed by atoms with Crippen LogP contribution in [0.2, 0.25) is 0 Å². The predicted octanol–water partition coefficient (Wildman–Crippen LogP) is 0.733. The summed E-state index contributed by atoms with van der Waals surface area (Å²) in [6.07, 6.45) is 0.988. The lowest BCUT2D eigenvalue weighted by atomic mass is 10.0. The Hall–Kier alpha value is -3.08. The molecular formula is C17H21N3O7S. The van der Waals surface area contributed by atoms with E-state index in [9.17, 15) is 22.8 Å². The molecule has 0 saturated carbocycles. The number of nitrogens with one attached hydrogen (secondary N) is 3. The number of amides is 2. The smallest absolute Gasteiger partial charge is 0.338 e. The average molecular weight is 411 g/mol. The number of hydrogen-bond acceptors (Lipinski definition) is 7. The fraction of sp³-hybridized carbons (Fsp3) is 0.353. The first kappa shape index (κ1) is 21.2. The second-order valence-corrected chi connectivity index (χ2v) is 7.71. The number of urea groups is 1. The predicted molar refractivity (Wildman–Crippen MR) is 100.0 cm³/mol. The Labute approximate surface area is 162 Å². The van der Waals surface area contributed by atoms with Crippen LogP contribution in [0.25, 0.3) is 0 Å². The minimum atomic E-state index is -3.50. The van der Waals surface area contributed by atoms with E-state index in [0.29, 0.717) is 0 Å². The van der Waals surface area contributed by atoms with Crippen LogP contribution >= 0.6 is 0 Å². The molecule has 1 aromatic carbocycles. The molecule has 1 atom stereocenters. The Bertz CT molecular complexity index is 924. The molecule has 3 N–H and O–H groups in total. The summed E-state index contributed by atoms with van der Waals surface area (Å²) in [5.41, 5.74) is 0.572. The number of anilines is 1. The van der Waals surface area contributed by atoms with Crippen molar-refractivity contribution in [1.82, 2.24) is 10.6 Å². The van der Waals surface area contributed by atoms with Crippen molar-refractivity contribution in [3.63, 3.8) is 0 Å². The lowest BCUT2D eigenvalue weighted by Gasteiger charge is -2.26. The maximum Gasteiger partial charge on any atom is 0.338 e. The van der Waals surface area contributed by atoms with Crippen LogP contribution in [-0.2, 0) is 24.3 Å². The number of sulfonamides is 1. The van der Waals surface area contributed by atoms with Crippen LogP contribution in [0, 0.1) is 0 Å². The highest BCUT2D eigenvalue weighted by atomic mass is 32.2. The van der Waals surface area contributed by atoms with E-state index in [0.717, 1.165) is 6.26 Å². The Morgan fingerprint density at radius 2 is 1.93 bits per heavy atom. The Morgan fingerprint density at radius 3 is 2.57 bits per heavy atom. The summed E-state index contributed by atoms with van der Waals surface area (Å²) in [6.45, 7) is 3.03. The van der Waals surface area contributed by atoms with E-state index in [1.807, 2.05) is 0 Å². The molecular weight excluding hydrogens is 390 g/mol. The third-order valence-corrected chi connectivity index (χ3v) is 4.22. The number of ether oxygens (including phenoxy) is 2. The Kier molecular flexibility index (Phi) is 6.62. The van der Waals surface area contributed by atoms with Crippen molar-refractivity contribution >= 4 is 33.7 Å². The van der Waals surface area contributed by atoms with E-state index < -0.39 is 34.0 Å². The molecule has 2 rings (SSSR count). The lowest BCUT2D eigenvalue weighted by molar-refractivity contribution is -0.139. The van der Waals surface area contributed by atoms with Gasteiger partial charge in [0, 0.05) is 5.69 Å². The van der Waals surface area contributed by atoms with Gasteiger partial charge < -0.3 is 20.1 Å². The second kappa shape index (κ2) is 8.74. The van der Waals surface area contributed by atoms with E-state index in [2.05, 4.69) is 15.4 Å². The van der Waals surface area contributed by atoms with Gasteiger partial charge in [-0.1, -0.05) is 6.07 Å². The maximum atomic E-state index is 12.3. The van der Waals surface area contributed by atoms with Crippen molar-refractivity contribution in [2.45, 2.75) is 19.9 Å². The summed E-state index contributed by atoms with van der Waals surface area (Å²) in [5.74, 6) is -1.39. The third kappa shape index (κ3) is 5.71. The molecule has 10 nitrogen and oxygen atoms in total. The summed E-state index contributed by atoms with van der Waals surface area (Å²) in [6, 6.07) is 4.57. The van der Waals surface area contributed by atoms with Crippen molar-refractivity contribution in [3.05, 3.63) is 41.1 Å². The van der Waals surface area contributed by atoms with Crippen LogP contribution in [0.1, 0.15) is 24.2 Å². The van der Waals surface area contributed by atoms with E-state index in [-0.39, 0.29) is 35.7 Å². The molecule has 1 aliphatic heterocycles. The average Bonchev–Trinajstić information content (AvgIpc) is 2.58. The van der Waals surface area contributed by atoms with Gasteiger partial charge >= 0.3 is 18.0 Å². The van der Waals surface area contributed by atoms with Crippen LogP contribution in [0.4, 0.5) is 10.5 Å². The molecule has 28 heavy (non-hydrogen) atoms. The summed E-state index contributed by atoms with van der Waals surface area (Å²) < 4.78 is 35.0. The monoisotopic (exact) mass is 411 g/mol.